The summed E-state index contributed by atoms with van der Waals surface area (Å²) < 4.78 is 5.91. The zero-order valence-corrected chi connectivity index (χ0v) is 12.6. The molecule has 1 aromatic heterocycles. The van der Waals surface area contributed by atoms with Gasteiger partial charge in [0.15, 0.2) is 0 Å². The van der Waals surface area contributed by atoms with E-state index in [1.54, 1.807) is 6.33 Å². The predicted octanol–water partition coefficient (Wildman–Crippen LogP) is 4.81. The molecule has 23 heavy (non-hydrogen) atoms. The number of aromatic nitrogens is 2. The first-order valence-corrected chi connectivity index (χ1v) is 7.59. The third kappa shape index (κ3) is 2.94. The number of fused-ring (bicyclic) bond motifs is 1. The van der Waals surface area contributed by atoms with Crippen molar-refractivity contribution in [2.75, 3.05) is 0 Å². The molecule has 0 saturated carbocycles. The average molecular weight is 300 g/mol. The van der Waals surface area contributed by atoms with Crippen LogP contribution in [0.3, 0.4) is 0 Å². The molecule has 4 rings (SSSR count). The fourth-order valence-corrected chi connectivity index (χ4v) is 2.62. The lowest BCUT2D eigenvalue weighted by molar-refractivity contribution is 0.306. The smallest absolute Gasteiger partial charge is 0.120 e. The van der Waals surface area contributed by atoms with Crippen molar-refractivity contribution in [2.24, 2.45) is 0 Å². The van der Waals surface area contributed by atoms with Gasteiger partial charge in [0.2, 0.25) is 0 Å². The second-order valence-electron chi connectivity index (χ2n) is 5.44. The second kappa shape index (κ2) is 5.97. The molecule has 0 bridgehead atoms. The molecule has 3 heteroatoms. The third-order valence-corrected chi connectivity index (χ3v) is 3.84. The van der Waals surface area contributed by atoms with Gasteiger partial charge in [-0.3, -0.25) is 0 Å². The van der Waals surface area contributed by atoms with Crippen molar-refractivity contribution in [3.63, 3.8) is 0 Å². The number of ether oxygens (including phenoxy) is 1. The van der Waals surface area contributed by atoms with Crippen LogP contribution in [0.2, 0.25) is 0 Å². The van der Waals surface area contributed by atoms with Crippen LogP contribution in [0.25, 0.3) is 22.2 Å². The summed E-state index contributed by atoms with van der Waals surface area (Å²) in [6.45, 7) is 0.573. The Labute approximate surface area is 134 Å². The second-order valence-corrected chi connectivity index (χ2v) is 5.44. The Morgan fingerprint density at radius 3 is 2.61 bits per heavy atom. The van der Waals surface area contributed by atoms with Crippen LogP contribution in [-0.2, 0) is 6.61 Å². The monoisotopic (exact) mass is 300 g/mol. The van der Waals surface area contributed by atoms with Crippen LogP contribution in [-0.4, -0.2) is 9.97 Å². The van der Waals surface area contributed by atoms with E-state index in [1.165, 1.54) is 0 Å². The molecule has 0 saturated heterocycles. The fourth-order valence-electron chi connectivity index (χ4n) is 2.62. The molecule has 0 radical (unpaired) electrons. The van der Waals surface area contributed by atoms with Crippen LogP contribution < -0.4 is 4.74 Å². The van der Waals surface area contributed by atoms with Gasteiger partial charge < -0.3 is 9.72 Å². The molecule has 3 aromatic carbocycles. The summed E-state index contributed by atoms with van der Waals surface area (Å²) >= 11 is 0. The number of hydrogen-bond acceptors (Lipinski definition) is 2. The SMILES string of the molecule is c1ccc(COc2cccc(-c3ccc4nc[nH]c4c3)c2)cc1. The van der Waals surface area contributed by atoms with E-state index in [9.17, 15) is 0 Å². The topological polar surface area (TPSA) is 37.9 Å². The average Bonchev–Trinajstić information content (AvgIpc) is 3.09. The lowest BCUT2D eigenvalue weighted by Crippen LogP contribution is -1.95. The van der Waals surface area contributed by atoms with E-state index >= 15 is 0 Å². The molecule has 0 fully saturated rings. The van der Waals surface area contributed by atoms with E-state index in [2.05, 4.69) is 46.4 Å². The van der Waals surface area contributed by atoms with Crippen LogP contribution in [0.4, 0.5) is 0 Å². The number of hydrogen-bond donors (Lipinski definition) is 1. The minimum absolute atomic E-state index is 0.573. The Morgan fingerprint density at radius 2 is 1.70 bits per heavy atom. The quantitative estimate of drug-likeness (QED) is 0.587. The number of aromatic amines is 1. The summed E-state index contributed by atoms with van der Waals surface area (Å²) in [6.07, 6.45) is 1.72. The summed E-state index contributed by atoms with van der Waals surface area (Å²) in [4.78, 5) is 7.40. The maximum absolute atomic E-state index is 5.91. The van der Waals surface area contributed by atoms with Crippen molar-refractivity contribution >= 4 is 11.0 Å². The number of H-pyrrole nitrogens is 1. The largest absolute Gasteiger partial charge is 0.489 e. The van der Waals surface area contributed by atoms with Crippen LogP contribution >= 0.6 is 0 Å². The van der Waals surface area contributed by atoms with E-state index in [0.717, 1.165) is 33.5 Å². The van der Waals surface area contributed by atoms with Gasteiger partial charge in [-0.2, -0.15) is 0 Å². The number of rotatable bonds is 4. The van der Waals surface area contributed by atoms with Crippen LogP contribution in [0.15, 0.2) is 79.1 Å². The van der Waals surface area contributed by atoms with Crippen molar-refractivity contribution in [3.8, 4) is 16.9 Å². The molecule has 0 aliphatic carbocycles. The first-order chi connectivity index (χ1) is 11.4. The minimum atomic E-state index is 0.573. The Morgan fingerprint density at radius 1 is 0.826 bits per heavy atom. The van der Waals surface area contributed by atoms with Gasteiger partial charge in [0.05, 0.1) is 17.4 Å². The Kier molecular flexibility index (Phi) is 3.53. The first kappa shape index (κ1) is 13.6. The van der Waals surface area contributed by atoms with Gasteiger partial charge >= 0.3 is 0 Å². The molecule has 0 aliphatic rings. The Balaban J connectivity index is 1.58. The summed E-state index contributed by atoms with van der Waals surface area (Å²) in [5.74, 6) is 0.871. The van der Waals surface area contributed by atoms with Gasteiger partial charge in [0.1, 0.15) is 12.4 Å². The van der Waals surface area contributed by atoms with Gasteiger partial charge in [0.25, 0.3) is 0 Å². The van der Waals surface area contributed by atoms with E-state index in [4.69, 9.17) is 4.74 Å². The van der Waals surface area contributed by atoms with Crippen molar-refractivity contribution < 1.29 is 4.74 Å². The van der Waals surface area contributed by atoms with Crippen molar-refractivity contribution in [1.82, 2.24) is 9.97 Å². The van der Waals surface area contributed by atoms with Gasteiger partial charge in [-0.05, 0) is 41.0 Å². The van der Waals surface area contributed by atoms with Crippen LogP contribution in [0.1, 0.15) is 5.56 Å². The molecule has 0 spiro atoms. The van der Waals surface area contributed by atoms with E-state index in [0.29, 0.717) is 6.61 Å². The third-order valence-electron chi connectivity index (χ3n) is 3.84. The van der Waals surface area contributed by atoms with Crippen molar-refractivity contribution in [3.05, 3.63) is 84.7 Å². The number of nitrogens with zero attached hydrogens (tertiary/aromatic N) is 1. The summed E-state index contributed by atoms with van der Waals surface area (Å²) in [7, 11) is 0. The molecule has 1 heterocycles. The van der Waals surface area contributed by atoms with E-state index < -0.39 is 0 Å². The minimum Gasteiger partial charge on any atom is -0.489 e. The number of imidazole rings is 1. The standard InChI is InChI=1S/C20H16N2O/c1-2-5-15(6-3-1)13-23-18-8-4-7-16(11-18)17-9-10-19-20(12-17)22-14-21-19/h1-12,14H,13H2,(H,21,22). The van der Waals surface area contributed by atoms with Crippen molar-refractivity contribution in [1.29, 1.82) is 0 Å². The molecular formula is C20H16N2O. The fraction of sp³-hybridized carbons (Fsp3) is 0.0500. The zero-order valence-electron chi connectivity index (χ0n) is 12.6. The lowest BCUT2D eigenvalue weighted by atomic mass is 10.0. The predicted molar refractivity (Wildman–Crippen MR) is 92.3 cm³/mol. The summed E-state index contributed by atoms with van der Waals surface area (Å²) in [5.41, 5.74) is 5.46. The highest BCUT2D eigenvalue weighted by Gasteiger charge is 2.03. The molecule has 0 aliphatic heterocycles. The Hall–Kier alpha value is -3.07. The molecular weight excluding hydrogens is 284 g/mol. The van der Waals surface area contributed by atoms with Gasteiger partial charge in [-0.1, -0.05) is 48.5 Å². The molecule has 4 aromatic rings. The molecule has 0 unspecified atom stereocenters. The van der Waals surface area contributed by atoms with Crippen LogP contribution in [0, 0.1) is 0 Å². The highest BCUT2D eigenvalue weighted by molar-refractivity contribution is 5.81. The molecule has 0 atom stereocenters. The van der Waals surface area contributed by atoms with Gasteiger partial charge in [0, 0.05) is 0 Å². The normalized spacial score (nSPS) is 10.8. The lowest BCUT2D eigenvalue weighted by Gasteiger charge is -2.08. The zero-order chi connectivity index (χ0) is 15.5. The van der Waals surface area contributed by atoms with Crippen molar-refractivity contribution in [2.45, 2.75) is 6.61 Å². The van der Waals surface area contributed by atoms with Crippen LogP contribution in [0.5, 0.6) is 5.75 Å². The highest BCUT2D eigenvalue weighted by Crippen LogP contribution is 2.26. The molecule has 0 amide bonds. The molecule has 112 valence electrons. The highest BCUT2D eigenvalue weighted by atomic mass is 16.5. The molecule has 1 N–H and O–H groups in total. The first-order valence-electron chi connectivity index (χ1n) is 7.59. The van der Waals surface area contributed by atoms with E-state index in [1.807, 2.05) is 36.4 Å². The summed E-state index contributed by atoms with van der Waals surface area (Å²) in [6, 6.07) is 24.6. The Bertz CT molecular complexity index is 928. The van der Waals surface area contributed by atoms with Gasteiger partial charge in [-0.15, -0.1) is 0 Å². The number of nitrogens with one attached hydrogen (secondary N) is 1. The maximum atomic E-state index is 5.91. The van der Waals surface area contributed by atoms with Gasteiger partial charge in [-0.25, -0.2) is 4.98 Å². The maximum Gasteiger partial charge on any atom is 0.120 e. The summed E-state index contributed by atoms with van der Waals surface area (Å²) in [5, 5.41) is 0. The number of benzene rings is 3. The molecule has 3 nitrogen and oxygen atoms in total. The van der Waals surface area contributed by atoms with E-state index in [-0.39, 0.29) is 0 Å².